The van der Waals surface area contributed by atoms with E-state index in [-0.39, 0.29) is 16.8 Å². The third-order valence-electron chi connectivity index (χ3n) is 5.14. The van der Waals surface area contributed by atoms with Crippen LogP contribution in [0, 0.1) is 6.92 Å². The summed E-state index contributed by atoms with van der Waals surface area (Å²) in [4.78, 5) is 12.8. The van der Waals surface area contributed by atoms with E-state index in [1.165, 1.54) is 17.8 Å². The maximum Gasteiger partial charge on any atom is 0.264 e. The lowest BCUT2D eigenvalue weighted by Crippen LogP contribution is -2.36. The number of nitrogens with one attached hydrogen (secondary N) is 1. The van der Waals surface area contributed by atoms with Gasteiger partial charge in [0, 0.05) is 18.7 Å². The van der Waals surface area contributed by atoms with Gasteiger partial charge in [-0.05, 0) is 55.7 Å². The van der Waals surface area contributed by atoms with Gasteiger partial charge in [0.25, 0.3) is 15.9 Å². The van der Waals surface area contributed by atoms with Gasteiger partial charge in [-0.3, -0.25) is 9.10 Å². The second kappa shape index (κ2) is 8.13. The average molecular weight is 387 g/mol. The Bertz CT molecular complexity index is 904. The first-order chi connectivity index (χ1) is 12.9. The third kappa shape index (κ3) is 4.33. The molecule has 0 bridgehead atoms. The predicted molar refractivity (Wildman–Crippen MR) is 108 cm³/mol. The molecule has 2 aromatic rings. The first kappa shape index (κ1) is 19.4. The summed E-state index contributed by atoms with van der Waals surface area (Å²) in [5.74, 6) is -0.0925. The largest absolute Gasteiger partial charge is 0.349 e. The van der Waals surface area contributed by atoms with Gasteiger partial charge < -0.3 is 5.32 Å². The molecule has 0 aliphatic heterocycles. The van der Waals surface area contributed by atoms with E-state index in [1.54, 1.807) is 48.5 Å². The van der Waals surface area contributed by atoms with Crippen LogP contribution >= 0.6 is 0 Å². The van der Waals surface area contributed by atoms with Gasteiger partial charge in [-0.25, -0.2) is 8.42 Å². The highest BCUT2D eigenvalue weighted by atomic mass is 32.2. The number of sulfonamides is 1. The molecule has 0 saturated heterocycles. The second-order valence-corrected chi connectivity index (χ2v) is 9.06. The highest BCUT2D eigenvalue weighted by Gasteiger charge is 2.23. The molecule has 1 saturated carbocycles. The number of carbonyl (C=O) groups excluding carboxylic acids is 1. The number of hydrogen-bond donors (Lipinski definition) is 1. The van der Waals surface area contributed by atoms with Crippen LogP contribution in [0.3, 0.4) is 0 Å². The minimum absolute atomic E-state index is 0.0925. The molecule has 0 radical (unpaired) electrons. The first-order valence-corrected chi connectivity index (χ1v) is 10.8. The molecule has 5 nitrogen and oxygen atoms in total. The number of nitrogens with zero attached hydrogens (tertiary/aromatic N) is 1. The van der Waals surface area contributed by atoms with Crippen LogP contribution in [0.1, 0.15) is 48.0 Å². The minimum Gasteiger partial charge on any atom is -0.349 e. The van der Waals surface area contributed by atoms with Crippen molar-refractivity contribution in [3.8, 4) is 0 Å². The molecule has 0 heterocycles. The summed E-state index contributed by atoms with van der Waals surface area (Å²) >= 11 is 0. The summed E-state index contributed by atoms with van der Waals surface area (Å²) in [7, 11) is -2.10. The standard InChI is InChI=1S/C21H26N2O3S/c1-16-15-17(21(24)22-18-9-5-3-6-10-18)13-14-20(16)23(2)27(25,26)19-11-7-4-8-12-19/h4,7-8,11-15,18H,3,5-6,9-10H2,1-2H3,(H,22,24). The Kier molecular flexibility index (Phi) is 5.85. The number of benzene rings is 2. The van der Waals surface area contributed by atoms with Crippen LogP contribution < -0.4 is 9.62 Å². The third-order valence-corrected chi connectivity index (χ3v) is 6.93. The Morgan fingerprint density at radius 1 is 1.04 bits per heavy atom. The van der Waals surface area contributed by atoms with E-state index in [0.29, 0.717) is 11.3 Å². The monoisotopic (exact) mass is 386 g/mol. The van der Waals surface area contributed by atoms with Crippen molar-refractivity contribution in [3.05, 3.63) is 59.7 Å². The number of rotatable bonds is 5. The molecular formula is C21H26N2O3S. The van der Waals surface area contributed by atoms with Crippen LogP contribution in [0.15, 0.2) is 53.4 Å². The molecule has 0 unspecified atom stereocenters. The van der Waals surface area contributed by atoms with Gasteiger partial charge in [-0.2, -0.15) is 0 Å². The molecule has 0 atom stereocenters. The Morgan fingerprint density at radius 2 is 1.70 bits per heavy atom. The van der Waals surface area contributed by atoms with Crippen molar-refractivity contribution < 1.29 is 13.2 Å². The van der Waals surface area contributed by atoms with Crippen LogP contribution in [0.4, 0.5) is 5.69 Å². The highest BCUT2D eigenvalue weighted by molar-refractivity contribution is 7.92. The summed E-state index contributed by atoms with van der Waals surface area (Å²) in [6.45, 7) is 1.82. The zero-order valence-electron chi connectivity index (χ0n) is 15.8. The van der Waals surface area contributed by atoms with Gasteiger partial charge in [-0.15, -0.1) is 0 Å². The van der Waals surface area contributed by atoms with Gasteiger partial charge in [0.05, 0.1) is 10.6 Å². The molecule has 1 fully saturated rings. The number of hydrogen-bond acceptors (Lipinski definition) is 3. The van der Waals surface area contributed by atoms with Crippen LogP contribution in [-0.2, 0) is 10.0 Å². The van der Waals surface area contributed by atoms with Crippen LogP contribution in [0.5, 0.6) is 0 Å². The fourth-order valence-corrected chi connectivity index (χ4v) is 4.83. The quantitative estimate of drug-likeness (QED) is 0.848. The van der Waals surface area contributed by atoms with Crippen molar-refractivity contribution in [2.45, 2.75) is 50.0 Å². The van der Waals surface area contributed by atoms with Crippen molar-refractivity contribution in [2.24, 2.45) is 0 Å². The highest BCUT2D eigenvalue weighted by Crippen LogP contribution is 2.26. The Hall–Kier alpha value is -2.34. The lowest BCUT2D eigenvalue weighted by atomic mass is 9.95. The fraction of sp³-hybridized carbons (Fsp3) is 0.381. The molecule has 27 heavy (non-hydrogen) atoms. The van der Waals surface area contributed by atoms with E-state index >= 15 is 0 Å². The molecule has 0 aromatic heterocycles. The van der Waals surface area contributed by atoms with E-state index in [1.807, 2.05) is 6.92 Å². The minimum atomic E-state index is -3.64. The number of anilines is 1. The summed E-state index contributed by atoms with van der Waals surface area (Å²) in [6, 6.07) is 13.7. The van der Waals surface area contributed by atoms with Gasteiger partial charge >= 0.3 is 0 Å². The van der Waals surface area contributed by atoms with E-state index in [0.717, 1.165) is 31.2 Å². The van der Waals surface area contributed by atoms with Crippen molar-refractivity contribution in [1.82, 2.24) is 5.32 Å². The Morgan fingerprint density at radius 3 is 2.33 bits per heavy atom. The SMILES string of the molecule is Cc1cc(C(=O)NC2CCCCC2)ccc1N(C)S(=O)(=O)c1ccccc1. The normalized spacial score (nSPS) is 15.3. The second-order valence-electron chi connectivity index (χ2n) is 7.10. The van der Waals surface area contributed by atoms with Crippen LogP contribution in [-0.4, -0.2) is 27.4 Å². The lowest BCUT2D eigenvalue weighted by molar-refractivity contribution is 0.0927. The van der Waals surface area contributed by atoms with Gasteiger partial charge in [0.1, 0.15) is 0 Å². The van der Waals surface area contributed by atoms with Crippen molar-refractivity contribution in [3.63, 3.8) is 0 Å². The molecule has 2 aromatic carbocycles. The van der Waals surface area contributed by atoms with Gasteiger partial charge in [0.15, 0.2) is 0 Å². The van der Waals surface area contributed by atoms with Crippen LogP contribution in [0.25, 0.3) is 0 Å². The van der Waals surface area contributed by atoms with E-state index in [9.17, 15) is 13.2 Å². The summed E-state index contributed by atoms with van der Waals surface area (Å²) in [5.41, 5.74) is 1.87. The van der Waals surface area contributed by atoms with Crippen molar-refractivity contribution in [2.75, 3.05) is 11.4 Å². The first-order valence-electron chi connectivity index (χ1n) is 9.35. The predicted octanol–water partition coefficient (Wildman–Crippen LogP) is 3.88. The lowest BCUT2D eigenvalue weighted by Gasteiger charge is -2.24. The molecule has 0 spiro atoms. The zero-order chi connectivity index (χ0) is 19.4. The van der Waals surface area contributed by atoms with E-state index in [4.69, 9.17) is 0 Å². The van der Waals surface area contributed by atoms with Gasteiger partial charge in [-0.1, -0.05) is 37.5 Å². The van der Waals surface area contributed by atoms with Crippen molar-refractivity contribution in [1.29, 1.82) is 0 Å². The summed E-state index contributed by atoms with van der Waals surface area (Å²) < 4.78 is 26.9. The van der Waals surface area contributed by atoms with E-state index < -0.39 is 10.0 Å². The summed E-state index contributed by atoms with van der Waals surface area (Å²) in [6.07, 6.45) is 5.61. The topological polar surface area (TPSA) is 66.5 Å². The van der Waals surface area contributed by atoms with Gasteiger partial charge in [0.2, 0.25) is 0 Å². The molecule has 1 N–H and O–H groups in total. The maximum absolute atomic E-state index is 12.8. The van der Waals surface area contributed by atoms with E-state index in [2.05, 4.69) is 5.32 Å². The Balaban J connectivity index is 1.79. The molecule has 1 aliphatic rings. The molecule has 3 rings (SSSR count). The zero-order valence-corrected chi connectivity index (χ0v) is 16.6. The average Bonchev–Trinajstić information content (AvgIpc) is 2.68. The van der Waals surface area contributed by atoms with Crippen LogP contribution in [0.2, 0.25) is 0 Å². The van der Waals surface area contributed by atoms with Crippen molar-refractivity contribution >= 4 is 21.6 Å². The molecule has 6 heteroatoms. The number of amides is 1. The molecule has 144 valence electrons. The smallest absolute Gasteiger partial charge is 0.264 e. The fourth-order valence-electron chi connectivity index (χ4n) is 3.55. The number of carbonyl (C=O) groups is 1. The maximum atomic E-state index is 12.8. The summed E-state index contributed by atoms with van der Waals surface area (Å²) in [5, 5.41) is 3.10. The number of aryl methyl sites for hydroxylation is 1. The Labute approximate surface area is 161 Å². The molecular weight excluding hydrogens is 360 g/mol. The molecule has 1 aliphatic carbocycles. The molecule has 1 amide bonds.